The Hall–Kier alpha value is -2.63. The molecule has 12 heteroatoms. The van der Waals surface area contributed by atoms with Crippen molar-refractivity contribution in [3.8, 4) is 0 Å². The lowest BCUT2D eigenvalue weighted by molar-refractivity contribution is -0.727. The number of nitrogens with one attached hydrogen (secondary N) is 2. The molecule has 8 nitrogen and oxygen atoms in total. The molecule has 2 saturated heterocycles. The summed E-state index contributed by atoms with van der Waals surface area (Å²) in [6, 6.07) is 3.66. The number of aromatic nitrogens is 4. The zero-order chi connectivity index (χ0) is 23.4. The smallest absolute Gasteiger partial charge is 0.377 e. The Bertz CT molecular complexity index is 1190. The molecule has 2 fully saturated rings. The van der Waals surface area contributed by atoms with E-state index in [9.17, 15) is 13.2 Å². The van der Waals surface area contributed by atoms with Gasteiger partial charge < -0.3 is 15.0 Å². The van der Waals surface area contributed by atoms with E-state index in [1.165, 1.54) is 17.9 Å². The molecular weight excluding hydrogens is 459 g/mol. The molecule has 0 saturated carbocycles. The van der Waals surface area contributed by atoms with Gasteiger partial charge in [0, 0.05) is 37.8 Å². The minimum atomic E-state index is -4.54. The van der Waals surface area contributed by atoms with Crippen molar-refractivity contribution in [1.29, 1.82) is 0 Å². The molecule has 33 heavy (non-hydrogen) atoms. The average Bonchev–Trinajstić information content (AvgIpc) is 3.12. The molecule has 0 unspecified atom stereocenters. The highest BCUT2D eigenvalue weighted by Crippen LogP contribution is 2.35. The number of nitrogens with zero attached hydrogens (tertiary/aromatic N) is 5. The normalized spacial score (nSPS) is 19.0. The molecule has 2 aliphatic rings. The maximum atomic E-state index is 13.3. The minimum Gasteiger partial charge on any atom is -0.377 e. The van der Waals surface area contributed by atoms with Crippen LogP contribution in [0.2, 0.25) is 5.02 Å². The zero-order valence-electron chi connectivity index (χ0n) is 18.2. The van der Waals surface area contributed by atoms with Gasteiger partial charge in [0.15, 0.2) is 7.05 Å². The Morgan fingerprint density at radius 2 is 1.94 bits per heavy atom. The van der Waals surface area contributed by atoms with Crippen molar-refractivity contribution in [1.82, 2.24) is 20.0 Å². The summed E-state index contributed by atoms with van der Waals surface area (Å²) < 4.78 is 46.5. The van der Waals surface area contributed by atoms with E-state index in [-0.39, 0.29) is 17.2 Å². The van der Waals surface area contributed by atoms with Crippen LogP contribution in [0.5, 0.6) is 0 Å². The first kappa shape index (κ1) is 22.2. The summed E-state index contributed by atoms with van der Waals surface area (Å²) in [4.78, 5) is 13.3. The molecule has 0 radical (unpaired) electrons. The lowest BCUT2D eigenvalue weighted by atomic mass is 9.97. The highest BCUT2D eigenvalue weighted by molar-refractivity contribution is 6.34. The van der Waals surface area contributed by atoms with Crippen molar-refractivity contribution in [2.24, 2.45) is 7.05 Å². The predicted molar refractivity (Wildman–Crippen MR) is 118 cm³/mol. The fraction of sp³-hybridized carbons (Fsp3) is 0.476. The summed E-state index contributed by atoms with van der Waals surface area (Å²) in [5.74, 6) is 0.0728. The summed E-state index contributed by atoms with van der Waals surface area (Å²) in [7, 11) is 1.48. The first-order valence-corrected chi connectivity index (χ1v) is 11.0. The molecule has 3 aromatic rings. The third-order valence-corrected chi connectivity index (χ3v) is 6.57. The van der Waals surface area contributed by atoms with Gasteiger partial charge in [-0.3, -0.25) is 4.90 Å². The number of aromatic amines is 1. The second-order valence-corrected chi connectivity index (χ2v) is 9.19. The Kier molecular flexibility index (Phi) is 5.37. The van der Waals surface area contributed by atoms with E-state index in [0.717, 1.165) is 45.1 Å². The summed E-state index contributed by atoms with van der Waals surface area (Å²) in [6.45, 7) is 7.15. The van der Waals surface area contributed by atoms with Crippen molar-refractivity contribution >= 4 is 39.8 Å². The van der Waals surface area contributed by atoms with Crippen LogP contribution in [0.3, 0.4) is 0 Å². The SMILES string of the molecule is C[n+]1cc(Nc2ncc3cc(Cl)c(N4CCN(C5(C)COC5)CC4)cc3n2)c(C(F)(F)F)[nH]1. The summed E-state index contributed by atoms with van der Waals surface area (Å²) in [5.41, 5.74) is 0.517. The molecule has 2 aromatic heterocycles. The van der Waals surface area contributed by atoms with Crippen LogP contribution in [0.15, 0.2) is 24.5 Å². The molecule has 0 atom stereocenters. The second-order valence-electron chi connectivity index (χ2n) is 8.78. The van der Waals surface area contributed by atoms with Crippen LogP contribution in [0, 0.1) is 0 Å². The molecule has 176 valence electrons. The van der Waals surface area contributed by atoms with Crippen LogP contribution in [0.1, 0.15) is 12.6 Å². The van der Waals surface area contributed by atoms with Crippen LogP contribution in [-0.2, 0) is 18.0 Å². The maximum Gasteiger partial charge on any atom is 0.438 e. The number of piperazine rings is 1. The van der Waals surface area contributed by atoms with Gasteiger partial charge in [0.1, 0.15) is 5.69 Å². The monoisotopic (exact) mass is 482 g/mol. The number of hydrogen-bond acceptors (Lipinski definition) is 6. The summed E-state index contributed by atoms with van der Waals surface area (Å²) in [5, 5.41) is 6.25. The van der Waals surface area contributed by atoms with Crippen LogP contribution >= 0.6 is 11.6 Å². The Morgan fingerprint density at radius 1 is 1.21 bits per heavy atom. The zero-order valence-corrected chi connectivity index (χ0v) is 19.0. The Balaban J connectivity index is 1.39. The van der Waals surface area contributed by atoms with Crippen molar-refractivity contribution in [2.45, 2.75) is 18.6 Å². The van der Waals surface area contributed by atoms with Gasteiger partial charge in [-0.2, -0.15) is 18.3 Å². The van der Waals surface area contributed by atoms with E-state index in [2.05, 4.69) is 37.1 Å². The third-order valence-electron chi connectivity index (χ3n) is 6.27. The number of alkyl halides is 3. The summed E-state index contributed by atoms with van der Waals surface area (Å²) in [6.07, 6.45) is -1.68. The minimum absolute atomic E-state index is 0.0728. The number of H-pyrrole nitrogens is 1. The van der Waals surface area contributed by atoms with Crippen molar-refractivity contribution in [3.05, 3.63) is 35.2 Å². The number of rotatable bonds is 4. The number of halogens is 4. The van der Waals surface area contributed by atoms with Crippen LogP contribution in [0.4, 0.5) is 30.5 Å². The van der Waals surface area contributed by atoms with E-state index in [0.29, 0.717) is 15.9 Å². The van der Waals surface area contributed by atoms with Gasteiger partial charge in [-0.05, 0) is 19.1 Å². The molecule has 0 spiro atoms. The third kappa shape index (κ3) is 4.20. The highest BCUT2D eigenvalue weighted by Gasteiger charge is 2.41. The number of ether oxygens (including phenoxy) is 1. The topological polar surface area (TPSA) is 73.2 Å². The van der Waals surface area contributed by atoms with Gasteiger partial charge in [-0.15, -0.1) is 4.68 Å². The predicted octanol–water partition coefficient (Wildman–Crippen LogP) is 3.11. The lowest BCUT2D eigenvalue weighted by Gasteiger charge is -2.50. The molecule has 2 N–H and O–H groups in total. The van der Waals surface area contributed by atoms with Crippen molar-refractivity contribution < 1.29 is 22.6 Å². The highest BCUT2D eigenvalue weighted by atomic mass is 35.5. The maximum absolute atomic E-state index is 13.3. The Labute approximate surface area is 193 Å². The van der Waals surface area contributed by atoms with Crippen LogP contribution in [-0.4, -0.2) is 64.9 Å². The van der Waals surface area contributed by atoms with Crippen molar-refractivity contribution in [2.75, 3.05) is 49.6 Å². The van der Waals surface area contributed by atoms with Gasteiger partial charge in [0.25, 0.3) is 0 Å². The largest absolute Gasteiger partial charge is 0.438 e. The standard InChI is InChI=1S/C21H23ClF3N7O/c1-20(11-33-12-20)32-5-3-31(4-6-32)17-8-15-13(7-14(17)22)9-26-19(27-15)28-16-10-30(2)29-18(16)21(23,24)25/h7-10H,3-6,11-12H2,1-2H3,(H,26,27,28)/p+1. The van der Waals surface area contributed by atoms with E-state index in [1.54, 1.807) is 12.3 Å². The lowest BCUT2D eigenvalue weighted by Crippen LogP contribution is -2.64. The number of fused-ring (bicyclic) bond motifs is 1. The van der Waals surface area contributed by atoms with Crippen LogP contribution < -0.4 is 14.9 Å². The Morgan fingerprint density at radius 3 is 2.58 bits per heavy atom. The number of hydrogen-bond donors (Lipinski definition) is 2. The number of anilines is 3. The van der Waals surface area contributed by atoms with E-state index in [4.69, 9.17) is 16.3 Å². The van der Waals surface area contributed by atoms with Gasteiger partial charge in [0.05, 0.1) is 35.0 Å². The fourth-order valence-corrected chi connectivity index (χ4v) is 4.66. The molecule has 0 aliphatic carbocycles. The van der Waals surface area contributed by atoms with Gasteiger partial charge >= 0.3 is 6.18 Å². The summed E-state index contributed by atoms with van der Waals surface area (Å²) >= 11 is 6.57. The van der Waals surface area contributed by atoms with E-state index in [1.807, 2.05) is 6.07 Å². The fourth-order valence-electron chi connectivity index (χ4n) is 4.37. The van der Waals surface area contributed by atoms with Crippen molar-refractivity contribution in [3.63, 3.8) is 0 Å². The molecule has 5 rings (SSSR count). The van der Waals surface area contributed by atoms with Gasteiger partial charge in [-0.1, -0.05) is 11.6 Å². The first-order chi connectivity index (χ1) is 15.6. The molecular formula is C21H24ClF3N7O+. The van der Waals surface area contributed by atoms with Gasteiger partial charge in [0.2, 0.25) is 17.8 Å². The van der Waals surface area contributed by atoms with E-state index < -0.39 is 11.9 Å². The molecule has 1 aromatic carbocycles. The number of benzene rings is 1. The quantitative estimate of drug-likeness (QED) is 0.557. The molecule has 0 amide bonds. The molecule has 4 heterocycles. The molecule has 0 bridgehead atoms. The van der Waals surface area contributed by atoms with Crippen LogP contribution in [0.25, 0.3) is 10.9 Å². The molecule has 2 aliphatic heterocycles. The van der Waals surface area contributed by atoms with E-state index >= 15 is 0 Å². The second kappa shape index (κ2) is 8.00. The first-order valence-electron chi connectivity index (χ1n) is 10.6. The van der Waals surface area contributed by atoms with Gasteiger partial charge in [-0.25, -0.2) is 9.97 Å². The average molecular weight is 483 g/mol. The number of aryl methyl sites for hydroxylation is 1.